The van der Waals surface area contributed by atoms with Crippen molar-refractivity contribution in [1.29, 1.82) is 0 Å². The van der Waals surface area contributed by atoms with Gasteiger partial charge in [0.25, 0.3) is 0 Å². The molecule has 0 rings (SSSR count). The second-order valence-electron chi connectivity index (χ2n) is 22.3. The summed E-state index contributed by atoms with van der Waals surface area (Å²) in [5.41, 5.74) is 0. The Morgan fingerprint density at radius 3 is 0.793 bits per heavy atom. The molecule has 0 bridgehead atoms. The van der Waals surface area contributed by atoms with Crippen molar-refractivity contribution >= 4 is 17.9 Å². The van der Waals surface area contributed by atoms with E-state index in [1.54, 1.807) is 0 Å². The Morgan fingerprint density at radius 1 is 0.256 bits per heavy atom. The molecule has 0 heterocycles. The minimum Gasteiger partial charge on any atom is -0.462 e. The van der Waals surface area contributed by atoms with Gasteiger partial charge < -0.3 is 14.2 Å². The summed E-state index contributed by atoms with van der Waals surface area (Å²) in [6.45, 7) is 6.39. The van der Waals surface area contributed by atoms with Crippen LogP contribution in [0.15, 0.2) is 134 Å². The van der Waals surface area contributed by atoms with Crippen molar-refractivity contribution in [3.05, 3.63) is 134 Å². The molecule has 0 fully saturated rings. The predicted molar refractivity (Wildman–Crippen MR) is 357 cm³/mol. The van der Waals surface area contributed by atoms with E-state index in [-0.39, 0.29) is 37.5 Å². The number of carbonyl (C=O) groups is 3. The van der Waals surface area contributed by atoms with Gasteiger partial charge in [-0.25, -0.2) is 0 Å². The lowest BCUT2D eigenvalue weighted by molar-refractivity contribution is -0.167. The molecule has 0 aromatic carbocycles. The van der Waals surface area contributed by atoms with E-state index in [4.69, 9.17) is 14.2 Å². The van der Waals surface area contributed by atoms with Crippen LogP contribution in [0.3, 0.4) is 0 Å². The average molecular weight is 1140 g/mol. The maximum atomic E-state index is 13.0. The summed E-state index contributed by atoms with van der Waals surface area (Å²) >= 11 is 0. The van der Waals surface area contributed by atoms with Gasteiger partial charge in [-0.2, -0.15) is 0 Å². The molecule has 0 aromatic heterocycles. The smallest absolute Gasteiger partial charge is 0.306 e. The number of rotatable bonds is 61. The van der Waals surface area contributed by atoms with Crippen LogP contribution in [-0.4, -0.2) is 37.2 Å². The van der Waals surface area contributed by atoms with Crippen LogP contribution >= 0.6 is 0 Å². The molecule has 0 aliphatic carbocycles. The molecule has 1 unspecified atom stereocenters. The van der Waals surface area contributed by atoms with Gasteiger partial charge in [0, 0.05) is 19.3 Å². The summed E-state index contributed by atoms with van der Waals surface area (Å²) in [5, 5.41) is 0. The Kier molecular flexibility index (Phi) is 65.3. The highest BCUT2D eigenvalue weighted by Crippen LogP contribution is 2.17. The molecule has 0 radical (unpaired) electrons. The maximum Gasteiger partial charge on any atom is 0.306 e. The number of carbonyl (C=O) groups excluding carboxylic acids is 3. The lowest BCUT2D eigenvalue weighted by atomic mass is 10.0. The van der Waals surface area contributed by atoms with Crippen molar-refractivity contribution in [1.82, 2.24) is 0 Å². The van der Waals surface area contributed by atoms with Crippen molar-refractivity contribution < 1.29 is 28.6 Å². The third-order valence-electron chi connectivity index (χ3n) is 14.4. The quantitative estimate of drug-likeness (QED) is 0.0261. The first-order valence-corrected chi connectivity index (χ1v) is 34.2. The summed E-state index contributed by atoms with van der Waals surface area (Å²) < 4.78 is 16.9. The molecule has 6 nitrogen and oxygen atoms in total. The van der Waals surface area contributed by atoms with Crippen LogP contribution in [0.25, 0.3) is 0 Å². The molecule has 0 amide bonds. The van der Waals surface area contributed by atoms with E-state index in [0.717, 1.165) is 122 Å². The van der Waals surface area contributed by atoms with Crippen molar-refractivity contribution in [2.75, 3.05) is 13.2 Å². The van der Waals surface area contributed by atoms with E-state index < -0.39 is 6.10 Å². The Balaban J connectivity index is 4.50. The molecule has 6 heteroatoms. The zero-order valence-corrected chi connectivity index (χ0v) is 53.5. The maximum absolute atomic E-state index is 13.0. The third-order valence-corrected chi connectivity index (χ3v) is 14.4. The fourth-order valence-electron chi connectivity index (χ4n) is 9.37. The van der Waals surface area contributed by atoms with Gasteiger partial charge in [0.05, 0.1) is 0 Å². The minimum atomic E-state index is -0.812. The van der Waals surface area contributed by atoms with Crippen LogP contribution < -0.4 is 0 Å². The van der Waals surface area contributed by atoms with Crippen LogP contribution in [0.2, 0.25) is 0 Å². The largest absolute Gasteiger partial charge is 0.462 e. The molecular weight excluding hydrogens is 1010 g/mol. The van der Waals surface area contributed by atoms with Gasteiger partial charge in [-0.3, -0.25) is 14.4 Å². The Morgan fingerprint density at radius 2 is 0.488 bits per heavy atom. The Labute approximate surface area is 506 Å². The first-order chi connectivity index (χ1) is 40.5. The first kappa shape index (κ1) is 77.5. The second-order valence-corrected chi connectivity index (χ2v) is 22.3. The van der Waals surface area contributed by atoms with Gasteiger partial charge in [-0.05, 0) is 109 Å². The zero-order valence-electron chi connectivity index (χ0n) is 53.5. The fourth-order valence-corrected chi connectivity index (χ4v) is 9.37. The summed E-state index contributed by atoms with van der Waals surface area (Å²) in [6.07, 6.45) is 97.5. The lowest BCUT2D eigenvalue weighted by Crippen LogP contribution is -2.30. The van der Waals surface area contributed by atoms with E-state index in [0.29, 0.717) is 19.3 Å². The van der Waals surface area contributed by atoms with Gasteiger partial charge in [-0.1, -0.05) is 315 Å². The Bertz CT molecular complexity index is 1730. The highest BCUT2D eigenvalue weighted by atomic mass is 16.6. The van der Waals surface area contributed by atoms with Gasteiger partial charge in [0.15, 0.2) is 6.10 Å². The SMILES string of the molecule is CC/C=C\C/C=C\C/C=C\C/C=C\C/C=C\C/C=C\C/C=C\CCCC(=O)OCC(COC(=O)CCCCCCCCCCCCCCCCCCCCCC)OC(=O)CCCCCCCCCC/C=C\C/C=C\C/C=C\C/C=C\CC. The molecule has 1 atom stereocenters. The Hall–Kier alpha value is -4.45. The highest BCUT2D eigenvalue weighted by molar-refractivity contribution is 5.71. The molecule has 0 saturated heterocycles. The van der Waals surface area contributed by atoms with E-state index in [1.165, 1.54) is 141 Å². The van der Waals surface area contributed by atoms with Crippen LogP contribution in [0.4, 0.5) is 0 Å². The van der Waals surface area contributed by atoms with Gasteiger partial charge in [0.2, 0.25) is 0 Å². The van der Waals surface area contributed by atoms with Crippen molar-refractivity contribution in [3.63, 3.8) is 0 Å². The molecular formula is C76H126O6. The minimum absolute atomic E-state index is 0.101. The molecule has 0 aliphatic rings. The summed E-state index contributed by atoms with van der Waals surface area (Å²) in [5.74, 6) is -0.962. The molecule has 0 aromatic rings. The monoisotopic (exact) mass is 1130 g/mol. The van der Waals surface area contributed by atoms with E-state index >= 15 is 0 Å². The van der Waals surface area contributed by atoms with Gasteiger partial charge in [0.1, 0.15) is 13.2 Å². The van der Waals surface area contributed by atoms with Crippen molar-refractivity contribution in [3.8, 4) is 0 Å². The number of ether oxygens (including phenoxy) is 3. The van der Waals surface area contributed by atoms with Gasteiger partial charge in [-0.15, -0.1) is 0 Å². The van der Waals surface area contributed by atoms with Gasteiger partial charge >= 0.3 is 17.9 Å². The van der Waals surface area contributed by atoms with E-state index in [2.05, 4.69) is 154 Å². The first-order valence-electron chi connectivity index (χ1n) is 34.2. The fraction of sp³-hybridized carbons (Fsp3) is 0.671. The molecule has 0 aliphatic heterocycles. The number of hydrogen-bond acceptors (Lipinski definition) is 6. The van der Waals surface area contributed by atoms with Crippen molar-refractivity contribution in [2.24, 2.45) is 0 Å². The second kappa shape index (κ2) is 69.0. The molecule has 82 heavy (non-hydrogen) atoms. The molecule has 0 N–H and O–H groups in total. The summed E-state index contributed by atoms with van der Waals surface area (Å²) in [4.78, 5) is 38.4. The van der Waals surface area contributed by atoms with Crippen molar-refractivity contribution in [2.45, 2.75) is 316 Å². The van der Waals surface area contributed by atoms with E-state index in [1.807, 2.05) is 0 Å². The number of hydrogen-bond donors (Lipinski definition) is 0. The van der Waals surface area contributed by atoms with Crippen LogP contribution in [0, 0.1) is 0 Å². The molecule has 0 saturated carbocycles. The summed E-state index contributed by atoms with van der Waals surface area (Å²) in [7, 11) is 0. The van der Waals surface area contributed by atoms with E-state index in [9.17, 15) is 14.4 Å². The lowest BCUT2D eigenvalue weighted by Gasteiger charge is -2.18. The molecule has 0 spiro atoms. The number of esters is 3. The predicted octanol–water partition coefficient (Wildman–Crippen LogP) is 23.7. The summed E-state index contributed by atoms with van der Waals surface area (Å²) in [6, 6.07) is 0. The average Bonchev–Trinajstić information content (AvgIpc) is 3.47. The molecule has 466 valence electrons. The van der Waals surface area contributed by atoms with Crippen LogP contribution in [0.5, 0.6) is 0 Å². The number of unbranched alkanes of at least 4 members (excludes halogenated alkanes) is 28. The topological polar surface area (TPSA) is 78.9 Å². The standard InChI is InChI=1S/C76H126O6/c1-4-7-10-13-16-19-22-25-28-31-34-37-38-40-42-45-48-51-54-57-60-63-66-69-75(78)81-72-73(71-80-74(77)68-65-62-59-56-53-50-47-44-41-36-33-30-27-24-21-18-15-12-9-6-3)82-76(79)70-67-64-61-58-55-52-49-46-43-39-35-32-29-26-23-20-17-14-11-8-5-2/h7-8,10-11,16-17,19-20,25-26,28-29,34-35,37,39-40,42,48,51,57,60,73H,4-6,9,12-15,18,21-24,27,30-33,36,38,41,43-47,49-50,52-56,58-59,61-72H2,1-3H3/b10-7-,11-8-,19-16-,20-17-,28-25-,29-26-,37-34-,39-35-,42-40-,51-48-,60-57-. The number of allylic oxidation sites excluding steroid dienone is 22. The highest BCUT2D eigenvalue weighted by Gasteiger charge is 2.19. The van der Waals surface area contributed by atoms with Crippen LogP contribution in [-0.2, 0) is 28.6 Å². The zero-order chi connectivity index (χ0) is 59.2. The normalized spacial score (nSPS) is 13.0. The third kappa shape index (κ3) is 66.4. The van der Waals surface area contributed by atoms with Crippen LogP contribution in [0.1, 0.15) is 310 Å².